The topological polar surface area (TPSA) is 177 Å². The van der Waals surface area contributed by atoms with Gasteiger partial charge in [-0.3, -0.25) is 0 Å². The quantitative estimate of drug-likeness (QED) is 0.0893. The van der Waals surface area contributed by atoms with E-state index in [9.17, 15) is 5.11 Å². The second-order valence-corrected chi connectivity index (χ2v) is 22.1. The molecule has 8 bridgehead atoms. The predicted molar refractivity (Wildman–Crippen MR) is 318 cm³/mol. The SMILES string of the molecule is Oc1cccc2c1-c1nc-2nc2[nH]c(nc3nc(nc4[nH]c(n1)c1c(C5NCCc6ccccc65)c(C5NCCc6ccccc65)c(C5NCCc6ccccc65)c(C5NCCc6ccccc65)c41)-c1ccccc1-3)c1ccccc21. The molecule has 0 radical (unpaired) electrons. The summed E-state index contributed by atoms with van der Waals surface area (Å²) in [6, 6.07) is 56.7. The molecule has 4 unspecified atom stereocenters. The van der Waals surface area contributed by atoms with Gasteiger partial charge in [0.15, 0.2) is 23.3 Å². The number of phenolic OH excluding ortho intramolecular Hbond substituents is 1. The fourth-order valence-corrected chi connectivity index (χ4v) is 14.3. The highest BCUT2D eigenvalue weighted by Crippen LogP contribution is 2.53. The van der Waals surface area contributed by atoms with E-state index >= 15 is 0 Å². The first kappa shape index (κ1) is 46.7. The number of hydrogen-bond donors (Lipinski definition) is 7. The van der Waals surface area contributed by atoms with Crippen LogP contribution in [0.4, 0.5) is 0 Å². The number of aromatic nitrogens is 8. The normalized spacial score (nSPS) is 18.8. The molecule has 11 aromatic rings. The summed E-state index contributed by atoms with van der Waals surface area (Å²) in [5, 5.41) is 32.5. The van der Waals surface area contributed by atoms with Crippen LogP contribution in [0.2, 0.25) is 0 Å². The maximum Gasteiger partial charge on any atom is 0.168 e. The fraction of sp³-hybridized carbons (Fsp3) is 0.176. The summed E-state index contributed by atoms with van der Waals surface area (Å²) in [5.74, 6) is 1.89. The van der Waals surface area contributed by atoms with Crippen LogP contribution in [0.1, 0.15) is 90.9 Å². The van der Waals surface area contributed by atoms with E-state index in [1.54, 1.807) is 6.07 Å². The van der Waals surface area contributed by atoms with Crippen LogP contribution < -0.4 is 21.3 Å². The van der Waals surface area contributed by atoms with Gasteiger partial charge in [-0.15, -0.1) is 0 Å². The standard InChI is InChI=1S/C68H54N12O/c81-49-27-13-26-48-50(49)66-78-65(48)76-63-45-23-10-9-22-44(45)61(74-63)73-62-46-24-11-12-25-47(46)64(75-62)77-67-55-53(59-42-20-7-3-16-38(42)30-34-71-59)51(57-40-18-5-1-14-36(40)28-32-69-57)52(58-41-19-6-2-15-37(41)29-33-70-58)54(56(55)68(79-66)80-67)60-43-21-8-4-17-39(43)31-35-72-60/h1-27,57-60,69-72,81H,28-35H2,(H2,73,74,75,76,77,78,79,80). The zero-order valence-electron chi connectivity index (χ0n) is 44.2. The Kier molecular flexibility index (Phi) is 10.6. The third kappa shape index (κ3) is 7.25. The summed E-state index contributed by atoms with van der Waals surface area (Å²) in [5.41, 5.74) is 20.2. The van der Waals surface area contributed by atoms with E-state index in [0.717, 1.165) is 95.7 Å². The molecule has 17 rings (SSSR count). The number of aromatic amines is 2. The van der Waals surface area contributed by atoms with Gasteiger partial charge in [-0.25, -0.2) is 29.9 Å². The van der Waals surface area contributed by atoms with Gasteiger partial charge in [-0.1, -0.05) is 158 Å². The molecule has 0 amide bonds. The van der Waals surface area contributed by atoms with E-state index in [2.05, 4.69) is 140 Å². The largest absolute Gasteiger partial charge is 0.507 e. The molecule has 7 N–H and O–H groups in total. The summed E-state index contributed by atoms with van der Waals surface area (Å²) >= 11 is 0. The van der Waals surface area contributed by atoms with Gasteiger partial charge in [0.25, 0.3) is 0 Å². The van der Waals surface area contributed by atoms with Crippen molar-refractivity contribution in [2.75, 3.05) is 26.2 Å². The highest BCUT2D eigenvalue weighted by molar-refractivity contribution is 6.11. The summed E-state index contributed by atoms with van der Waals surface area (Å²) in [6.07, 6.45) is 3.61. The van der Waals surface area contributed by atoms with Crippen molar-refractivity contribution in [1.29, 1.82) is 0 Å². The molecule has 0 saturated carbocycles. The Bertz CT molecular complexity index is 4640. The van der Waals surface area contributed by atoms with E-state index in [4.69, 9.17) is 29.9 Å². The number of fused-ring (bicyclic) bond motifs is 24. The fourth-order valence-electron chi connectivity index (χ4n) is 14.3. The lowest BCUT2D eigenvalue weighted by molar-refractivity contribution is 0.477. The number of nitrogens with one attached hydrogen (secondary N) is 6. The Balaban J connectivity index is 1.14. The van der Waals surface area contributed by atoms with Crippen molar-refractivity contribution in [3.63, 3.8) is 0 Å². The lowest BCUT2D eigenvalue weighted by atomic mass is 9.72. The average Bonchev–Trinajstić information content (AvgIpc) is 3.12. The molecule has 8 aromatic carbocycles. The van der Waals surface area contributed by atoms with Crippen LogP contribution in [0, 0.1) is 0 Å². The van der Waals surface area contributed by atoms with Crippen molar-refractivity contribution >= 4 is 44.1 Å². The van der Waals surface area contributed by atoms with Gasteiger partial charge in [-0.05, 0) is 98.5 Å². The monoisotopic (exact) mass is 1050 g/mol. The first-order valence-electron chi connectivity index (χ1n) is 28.4. The maximum atomic E-state index is 12.1. The molecule has 4 atom stereocenters. The zero-order chi connectivity index (χ0) is 53.3. The highest BCUT2D eigenvalue weighted by atomic mass is 16.3. The van der Waals surface area contributed by atoms with Crippen molar-refractivity contribution in [3.8, 4) is 51.3 Å². The summed E-state index contributed by atoms with van der Waals surface area (Å²) in [6.45, 7) is 3.13. The minimum Gasteiger partial charge on any atom is -0.507 e. The minimum atomic E-state index is -0.296. The predicted octanol–water partition coefficient (Wildman–Crippen LogP) is 11.5. The smallest absolute Gasteiger partial charge is 0.168 e. The molecule has 3 aromatic heterocycles. The van der Waals surface area contributed by atoms with Crippen molar-refractivity contribution in [3.05, 3.63) is 231 Å². The number of aromatic hydroxyl groups is 1. The van der Waals surface area contributed by atoms with Gasteiger partial charge in [0, 0.05) is 64.4 Å². The molecule has 0 aliphatic carbocycles. The van der Waals surface area contributed by atoms with Crippen LogP contribution in [0.15, 0.2) is 164 Å². The van der Waals surface area contributed by atoms with Crippen LogP contribution >= 0.6 is 0 Å². The van der Waals surface area contributed by atoms with E-state index in [1.165, 1.54) is 55.6 Å². The van der Waals surface area contributed by atoms with Crippen LogP contribution in [0.5, 0.6) is 5.75 Å². The highest BCUT2D eigenvalue weighted by Gasteiger charge is 2.42. The van der Waals surface area contributed by atoms with Crippen molar-refractivity contribution < 1.29 is 5.11 Å². The Hall–Kier alpha value is -9.24. The maximum absolute atomic E-state index is 12.1. The van der Waals surface area contributed by atoms with Crippen molar-refractivity contribution in [2.45, 2.75) is 49.9 Å². The van der Waals surface area contributed by atoms with Crippen molar-refractivity contribution in [1.82, 2.24) is 61.1 Å². The van der Waals surface area contributed by atoms with Crippen LogP contribution in [0.25, 0.3) is 89.7 Å². The molecule has 392 valence electrons. The van der Waals surface area contributed by atoms with Crippen LogP contribution in [0.3, 0.4) is 0 Å². The number of phenols is 1. The number of hydrogen-bond acceptors (Lipinski definition) is 11. The number of benzene rings is 8. The molecular formula is C68H54N12O. The molecule has 0 saturated heterocycles. The molecule has 13 heteroatoms. The van der Waals surface area contributed by atoms with E-state index in [-0.39, 0.29) is 29.9 Å². The minimum absolute atomic E-state index is 0.0606. The molecule has 6 aliphatic rings. The van der Waals surface area contributed by atoms with Gasteiger partial charge in [0.2, 0.25) is 0 Å². The number of rotatable bonds is 4. The van der Waals surface area contributed by atoms with Gasteiger partial charge >= 0.3 is 0 Å². The second kappa shape index (κ2) is 18.4. The Labute approximate surface area is 466 Å². The summed E-state index contributed by atoms with van der Waals surface area (Å²) in [7, 11) is 0. The third-order valence-electron chi connectivity index (χ3n) is 17.8. The second-order valence-electron chi connectivity index (χ2n) is 22.1. The first-order chi connectivity index (χ1) is 40.1. The molecule has 0 fully saturated rings. The molecule has 13 nitrogen and oxygen atoms in total. The molecule has 9 heterocycles. The summed E-state index contributed by atoms with van der Waals surface area (Å²) < 4.78 is 0. The molecule has 81 heavy (non-hydrogen) atoms. The number of nitrogens with zero attached hydrogens (tertiary/aromatic N) is 6. The number of H-pyrrole nitrogens is 2. The van der Waals surface area contributed by atoms with Crippen LogP contribution in [-0.2, 0) is 25.7 Å². The first-order valence-corrected chi connectivity index (χ1v) is 28.4. The van der Waals surface area contributed by atoms with Gasteiger partial charge in [0.1, 0.15) is 28.3 Å². The Morgan fingerprint density at radius 3 is 1.14 bits per heavy atom. The van der Waals surface area contributed by atoms with E-state index in [0.29, 0.717) is 57.0 Å². The Morgan fingerprint density at radius 1 is 0.321 bits per heavy atom. The zero-order valence-corrected chi connectivity index (χ0v) is 44.2. The van der Waals surface area contributed by atoms with E-state index < -0.39 is 0 Å². The lowest BCUT2D eigenvalue weighted by Crippen LogP contribution is -2.40. The van der Waals surface area contributed by atoms with Crippen molar-refractivity contribution in [2.24, 2.45) is 0 Å². The average molecular weight is 1060 g/mol. The molecule has 0 spiro atoms. The molecule has 6 aliphatic heterocycles. The summed E-state index contributed by atoms with van der Waals surface area (Å²) in [4.78, 5) is 40.6. The van der Waals surface area contributed by atoms with Gasteiger partial charge in [0.05, 0.1) is 29.7 Å². The molecular weight excluding hydrogens is 1000 g/mol. The Morgan fingerprint density at radius 2 is 0.667 bits per heavy atom. The van der Waals surface area contributed by atoms with Crippen LogP contribution in [-0.4, -0.2) is 71.2 Å². The van der Waals surface area contributed by atoms with Gasteiger partial charge in [-0.2, -0.15) is 0 Å². The van der Waals surface area contributed by atoms with Gasteiger partial charge < -0.3 is 36.3 Å². The third-order valence-corrected chi connectivity index (χ3v) is 17.8. The van der Waals surface area contributed by atoms with E-state index in [1.807, 2.05) is 48.5 Å². The lowest BCUT2D eigenvalue weighted by Gasteiger charge is -2.41.